The molecule has 0 saturated carbocycles. The lowest BCUT2D eigenvalue weighted by Gasteiger charge is -2.13. The van der Waals surface area contributed by atoms with E-state index >= 15 is 0 Å². The predicted molar refractivity (Wildman–Crippen MR) is 89.2 cm³/mol. The van der Waals surface area contributed by atoms with Gasteiger partial charge < -0.3 is 9.09 Å². The Hall–Kier alpha value is -1.30. The molecule has 0 amide bonds. The molecule has 0 aliphatic heterocycles. The molecule has 6 heteroatoms. The number of hydrogen-bond donors (Lipinski definition) is 0. The Labute approximate surface area is 136 Å². The van der Waals surface area contributed by atoms with Crippen molar-refractivity contribution < 1.29 is 4.52 Å². The van der Waals surface area contributed by atoms with E-state index in [0.717, 1.165) is 23.2 Å². The van der Waals surface area contributed by atoms with Gasteiger partial charge in [0, 0.05) is 18.2 Å². The summed E-state index contributed by atoms with van der Waals surface area (Å²) >= 11 is 1.68. The van der Waals surface area contributed by atoms with Crippen LogP contribution in [0.2, 0.25) is 0 Å². The average molecular weight is 322 g/mol. The second kappa shape index (κ2) is 6.86. The van der Waals surface area contributed by atoms with Gasteiger partial charge in [-0.3, -0.25) is 0 Å². The smallest absolute Gasteiger partial charge is 0.239 e. The van der Waals surface area contributed by atoms with E-state index in [1.165, 1.54) is 5.69 Å². The molecule has 0 saturated heterocycles. The van der Waals surface area contributed by atoms with Crippen LogP contribution in [0.15, 0.2) is 9.68 Å². The third-order valence-electron chi connectivity index (χ3n) is 3.57. The van der Waals surface area contributed by atoms with E-state index in [1.807, 2.05) is 0 Å². The maximum atomic E-state index is 5.40. The molecule has 0 bridgehead atoms. The fourth-order valence-electron chi connectivity index (χ4n) is 2.15. The molecule has 0 aliphatic carbocycles. The monoisotopic (exact) mass is 322 g/mol. The first kappa shape index (κ1) is 17.1. The SMILES string of the molecule is Cc1nc(S[C@@H](C)c2nc(C(C)C)no2)n(CC(C)C)c1C. The number of aryl methyl sites for hydroxylation is 1. The Morgan fingerprint density at radius 1 is 1.09 bits per heavy atom. The highest BCUT2D eigenvalue weighted by Gasteiger charge is 2.21. The van der Waals surface area contributed by atoms with Gasteiger partial charge in [-0.1, -0.05) is 44.6 Å². The molecule has 0 spiro atoms. The van der Waals surface area contributed by atoms with E-state index < -0.39 is 0 Å². The average Bonchev–Trinajstić information content (AvgIpc) is 3.00. The molecular formula is C16H26N4OS. The van der Waals surface area contributed by atoms with Crippen LogP contribution in [-0.2, 0) is 6.54 Å². The van der Waals surface area contributed by atoms with Gasteiger partial charge in [0.1, 0.15) is 0 Å². The third-order valence-corrected chi connectivity index (χ3v) is 4.65. The van der Waals surface area contributed by atoms with E-state index in [1.54, 1.807) is 11.8 Å². The topological polar surface area (TPSA) is 56.7 Å². The summed E-state index contributed by atoms with van der Waals surface area (Å²) in [6.07, 6.45) is 0. The predicted octanol–water partition coefficient (Wildman–Crippen LogP) is 4.52. The van der Waals surface area contributed by atoms with Crippen LogP contribution in [0.25, 0.3) is 0 Å². The number of aromatic nitrogens is 4. The van der Waals surface area contributed by atoms with Crippen molar-refractivity contribution in [1.82, 2.24) is 19.7 Å². The second-order valence-corrected chi connectivity index (χ2v) is 7.78. The van der Waals surface area contributed by atoms with Crippen molar-refractivity contribution in [3.8, 4) is 0 Å². The molecule has 0 fully saturated rings. The van der Waals surface area contributed by atoms with Gasteiger partial charge in [-0.2, -0.15) is 4.98 Å². The first-order valence-electron chi connectivity index (χ1n) is 7.83. The number of thioether (sulfide) groups is 1. The van der Waals surface area contributed by atoms with Crippen molar-refractivity contribution in [1.29, 1.82) is 0 Å². The molecule has 2 aromatic heterocycles. The molecule has 2 aromatic rings. The van der Waals surface area contributed by atoms with E-state index in [4.69, 9.17) is 9.51 Å². The van der Waals surface area contributed by atoms with Crippen molar-refractivity contribution in [2.24, 2.45) is 5.92 Å². The summed E-state index contributed by atoms with van der Waals surface area (Å²) in [4.78, 5) is 9.20. The van der Waals surface area contributed by atoms with Gasteiger partial charge in [-0.25, -0.2) is 4.98 Å². The van der Waals surface area contributed by atoms with E-state index in [-0.39, 0.29) is 11.2 Å². The Bertz CT molecular complexity index is 630. The summed E-state index contributed by atoms with van der Waals surface area (Å²) < 4.78 is 7.69. The number of rotatable bonds is 6. The highest BCUT2D eigenvalue weighted by molar-refractivity contribution is 7.99. The lowest BCUT2D eigenvalue weighted by atomic mass is 10.2. The molecule has 2 heterocycles. The molecule has 0 aliphatic rings. The van der Waals surface area contributed by atoms with Crippen molar-refractivity contribution in [3.05, 3.63) is 23.1 Å². The first-order chi connectivity index (χ1) is 10.3. The Morgan fingerprint density at radius 2 is 1.77 bits per heavy atom. The van der Waals surface area contributed by atoms with Crippen LogP contribution in [0, 0.1) is 19.8 Å². The molecule has 5 nitrogen and oxygen atoms in total. The first-order valence-corrected chi connectivity index (χ1v) is 8.71. The van der Waals surface area contributed by atoms with Crippen LogP contribution in [0.3, 0.4) is 0 Å². The Balaban J connectivity index is 2.20. The van der Waals surface area contributed by atoms with Gasteiger partial charge in [-0.15, -0.1) is 0 Å². The lowest BCUT2D eigenvalue weighted by molar-refractivity contribution is 0.372. The standard InChI is InChI=1S/C16H26N4OS/c1-9(2)8-20-12(6)11(5)17-16(20)22-13(7)15-18-14(10(3)4)19-21-15/h9-10,13H,8H2,1-7H3/t13-/m0/s1. The number of imidazole rings is 1. The van der Waals surface area contributed by atoms with Crippen LogP contribution >= 0.6 is 11.8 Å². The highest BCUT2D eigenvalue weighted by Crippen LogP contribution is 2.35. The summed E-state index contributed by atoms with van der Waals surface area (Å²) in [5.74, 6) is 2.29. The number of nitrogens with zero attached hydrogens (tertiary/aromatic N) is 4. The minimum atomic E-state index is 0.0899. The molecule has 0 aromatic carbocycles. The zero-order chi connectivity index (χ0) is 16.4. The molecule has 122 valence electrons. The van der Waals surface area contributed by atoms with Crippen LogP contribution in [0.5, 0.6) is 0 Å². The number of hydrogen-bond acceptors (Lipinski definition) is 5. The minimum absolute atomic E-state index is 0.0899. The molecule has 0 radical (unpaired) electrons. The summed E-state index contributed by atoms with van der Waals surface area (Å²) in [5, 5.41) is 5.16. The summed E-state index contributed by atoms with van der Waals surface area (Å²) in [6.45, 7) is 15.8. The Morgan fingerprint density at radius 3 is 2.32 bits per heavy atom. The van der Waals surface area contributed by atoms with Gasteiger partial charge in [-0.05, 0) is 26.7 Å². The molecule has 1 atom stereocenters. The van der Waals surface area contributed by atoms with Crippen LogP contribution in [0.4, 0.5) is 0 Å². The van der Waals surface area contributed by atoms with E-state index in [9.17, 15) is 0 Å². The van der Waals surface area contributed by atoms with Crippen molar-refractivity contribution in [2.75, 3.05) is 0 Å². The maximum Gasteiger partial charge on any atom is 0.239 e. The van der Waals surface area contributed by atoms with E-state index in [2.05, 4.69) is 63.2 Å². The molecule has 22 heavy (non-hydrogen) atoms. The molecule has 0 N–H and O–H groups in total. The van der Waals surface area contributed by atoms with Gasteiger partial charge in [0.2, 0.25) is 5.89 Å². The van der Waals surface area contributed by atoms with Gasteiger partial charge in [0.25, 0.3) is 0 Å². The highest BCUT2D eigenvalue weighted by atomic mass is 32.2. The lowest BCUT2D eigenvalue weighted by Crippen LogP contribution is -2.08. The minimum Gasteiger partial charge on any atom is -0.338 e. The molecule has 2 rings (SSSR count). The van der Waals surface area contributed by atoms with E-state index in [0.29, 0.717) is 11.8 Å². The molecule has 0 unspecified atom stereocenters. The van der Waals surface area contributed by atoms with Crippen LogP contribution < -0.4 is 0 Å². The zero-order valence-electron chi connectivity index (χ0n) is 14.5. The van der Waals surface area contributed by atoms with Gasteiger partial charge >= 0.3 is 0 Å². The third kappa shape index (κ3) is 3.72. The van der Waals surface area contributed by atoms with Crippen molar-refractivity contribution >= 4 is 11.8 Å². The quantitative estimate of drug-likeness (QED) is 0.732. The van der Waals surface area contributed by atoms with Crippen LogP contribution in [0.1, 0.15) is 68.9 Å². The normalized spacial score (nSPS) is 13.3. The Kier molecular flexibility index (Phi) is 5.32. The summed E-state index contributed by atoms with van der Waals surface area (Å²) in [5.41, 5.74) is 2.32. The van der Waals surface area contributed by atoms with Crippen molar-refractivity contribution in [3.63, 3.8) is 0 Å². The van der Waals surface area contributed by atoms with Gasteiger partial charge in [0.05, 0.1) is 10.9 Å². The second-order valence-electron chi connectivity index (χ2n) is 6.48. The van der Waals surface area contributed by atoms with Gasteiger partial charge in [0.15, 0.2) is 11.0 Å². The maximum absolute atomic E-state index is 5.40. The molecular weight excluding hydrogens is 296 g/mol. The largest absolute Gasteiger partial charge is 0.338 e. The zero-order valence-corrected chi connectivity index (χ0v) is 15.4. The fraction of sp³-hybridized carbons (Fsp3) is 0.688. The summed E-state index contributed by atoms with van der Waals surface area (Å²) in [7, 11) is 0. The summed E-state index contributed by atoms with van der Waals surface area (Å²) in [6, 6.07) is 0. The fourth-order valence-corrected chi connectivity index (χ4v) is 3.19. The van der Waals surface area contributed by atoms with Crippen LogP contribution in [-0.4, -0.2) is 19.7 Å². The van der Waals surface area contributed by atoms with Crippen molar-refractivity contribution in [2.45, 2.75) is 71.3 Å².